The second-order valence-corrected chi connectivity index (χ2v) is 6.97. The van der Waals surface area contributed by atoms with E-state index < -0.39 is 18.6 Å². The highest BCUT2D eigenvalue weighted by molar-refractivity contribution is 5.86. The van der Waals surface area contributed by atoms with Crippen LogP contribution in [0.15, 0.2) is 4.99 Å². The molecule has 158 valence electrons. The van der Waals surface area contributed by atoms with Gasteiger partial charge in [-0.2, -0.15) is 13.2 Å². The maximum atomic E-state index is 12.3. The molecular formula is C17H32F3N5O2. The van der Waals surface area contributed by atoms with Crippen molar-refractivity contribution in [1.82, 2.24) is 20.4 Å². The molecule has 1 heterocycles. The Morgan fingerprint density at radius 3 is 2.48 bits per heavy atom. The molecule has 10 heteroatoms. The first-order valence-corrected chi connectivity index (χ1v) is 9.22. The van der Waals surface area contributed by atoms with Gasteiger partial charge in [-0.3, -0.25) is 9.79 Å². The minimum atomic E-state index is -4.40. The number of halogens is 3. The van der Waals surface area contributed by atoms with Crippen LogP contribution >= 0.6 is 0 Å². The normalized spacial score (nSPS) is 17.3. The van der Waals surface area contributed by atoms with Crippen LogP contribution in [-0.4, -0.2) is 93.4 Å². The Bertz CT molecular complexity index is 478. The van der Waals surface area contributed by atoms with Gasteiger partial charge in [-0.1, -0.05) is 0 Å². The number of hydrogen-bond donors (Lipinski definition) is 2. The zero-order valence-electron chi connectivity index (χ0n) is 16.6. The Balaban J connectivity index is 2.29. The Labute approximate surface area is 159 Å². The molecule has 0 atom stereocenters. The molecule has 0 saturated carbocycles. The SMILES string of the molecule is CN=C(NCC(=O)N(C)CC(F)(F)F)NC1CCN(CCOC(C)C)CC1. The first-order valence-electron chi connectivity index (χ1n) is 9.22. The average molecular weight is 395 g/mol. The molecule has 0 aromatic carbocycles. The Hall–Kier alpha value is -1.55. The number of likely N-dealkylation sites (tertiary alicyclic amines) is 1. The fourth-order valence-electron chi connectivity index (χ4n) is 2.76. The van der Waals surface area contributed by atoms with Crippen molar-refractivity contribution in [3.63, 3.8) is 0 Å². The monoisotopic (exact) mass is 395 g/mol. The molecule has 7 nitrogen and oxygen atoms in total. The molecule has 0 aromatic heterocycles. The highest BCUT2D eigenvalue weighted by Gasteiger charge is 2.31. The van der Waals surface area contributed by atoms with Crippen LogP contribution < -0.4 is 10.6 Å². The van der Waals surface area contributed by atoms with Crippen LogP contribution in [0.2, 0.25) is 0 Å². The van der Waals surface area contributed by atoms with Gasteiger partial charge >= 0.3 is 6.18 Å². The number of carbonyl (C=O) groups is 1. The van der Waals surface area contributed by atoms with E-state index in [1.165, 1.54) is 0 Å². The number of likely N-dealkylation sites (N-methyl/N-ethyl adjacent to an activating group) is 1. The number of aliphatic imine (C=N–C) groups is 1. The maximum Gasteiger partial charge on any atom is 0.406 e. The Kier molecular flexibility index (Phi) is 9.86. The van der Waals surface area contributed by atoms with Crippen LogP contribution in [0.5, 0.6) is 0 Å². The summed E-state index contributed by atoms with van der Waals surface area (Å²) in [6, 6.07) is 0.210. The van der Waals surface area contributed by atoms with E-state index in [-0.39, 0.29) is 18.7 Å². The molecule has 1 amide bonds. The van der Waals surface area contributed by atoms with Crippen LogP contribution in [0, 0.1) is 0 Å². The molecule has 1 fully saturated rings. The zero-order chi connectivity index (χ0) is 20.4. The van der Waals surface area contributed by atoms with E-state index in [0.29, 0.717) is 17.5 Å². The zero-order valence-corrected chi connectivity index (χ0v) is 16.6. The summed E-state index contributed by atoms with van der Waals surface area (Å²) in [5.41, 5.74) is 0. The maximum absolute atomic E-state index is 12.3. The molecule has 0 spiro atoms. The second-order valence-electron chi connectivity index (χ2n) is 6.97. The number of rotatable bonds is 8. The number of alkyl halides is 3. The summed E-state index contributed by atoms with van der Waals surface area (Å²) in [6.07, 6.45) is -2.33. The molecule has 1 aliphatic heterocycles. The molecule has 0 unspecified atom stereocenters. The highest BCUT2D eigenvalue weighted by atomic mass is 19.4. The number of ether oxygens (including phenoxy) is 1. The van der Waals surface area contributed by atoms with Gasteiger partial charge in [0.15, 0.2) is 5.96 Å². The van der Waals surface area contributed by atoms with Gasteiger partial charge in [0.2, 0.25) is 5.91 Å². The smallest absolute Gasteiger partial charge is 0.377 e. The minimum Gasteiger partial charge on any atom is -0.377 e. The van der Waals surface area contributed by atoms with Crippen molar-refractivity contribution in [2.24, 2.45) is 4.99 Å². The molecule has 1 saturated heterocycles. The van der Waals surface area contributed by atoms with Crippen LogP contribution in [-0.2, 0) is 9.53 Å². The van der Waals surface area contributed by atoms with Gasteiger partial charge in [0.25, 0.3) is 0 Å². The summed E-state index contributed by atoms with van der Waals surface area (Å²) in [5.74, 6) is -0.222. The predicted octanol–water partition coefficient (Wildman–Crippen LogP) is 1.06. The first-order chi connectivity index (χ1) is 12.6. The number of nitrogens with zero attached hydrogens (tertiary/aromatic N) is 3. The van der Waals surface area contributed by atoms with Crippen molar-refractivity contribution in [3.8, 4) is 0 Å². The molecule has 0 aliphatic carbocycles. The Morgan fingerprint density at radius 1 is 1.33 bits per heavy atom. The number of amides is 1. The number of carbonyl (C=O) groups excluding carboxylic acids is 1. The predicted molar refractivity (Wildman–Crippen MR) is 98.7 cm³/mol. The van der Waals surface area contributed by atoms with Crippen molar-refractivity contribution in [2.45, 2.75) is 45.0 Å². The summed E-state index contributed by atoms with van der Waals surface area (Å²) in [7, 11) is 2.70. The summed E-state index contributed by atoms with van der Waals surface area (Å²) in [4.78, 5) is 18.8. The standard InChI is InChI=1S/C17H32F3N5O2/c1-13(2)27-10-9-25-7-5-14(6-8-25)23-16(21-3)22-11-15(26)24(4)12-17(18,19)20/h13-14H,5-12H2,1-4H3,(H2,21,22,23). The summed E-state index contributed by atoms with van der Waals surface area (Å²) in [5, 5.41) is 6.02. The van der Waals surface area contributed by atoms with Gasteiger partial charge in [-0.25, -0.2) is 0 Å². The summed E-state index contributed by atoms with van der Waals surface area (Å²) >= 11 is 0. The van der Waals surface area contributed by atoms with Gasteiger partial charge in [0.1, 0.15) is 6.54 Å². The molecule has 0 aromatic rings. The van der Waals surface area contributed by atoms with Gasteiger partial charge < -0.3 is 25.2 Å². The third kappa shape index (κ3) is 10.4. The van der Waals surface area contributed by atoms with E-state index >= 15 is 0 Å². The Morgan fingerprint density at radius 2 is 1.96 bits per heavy atom. The average Bonchev–Trinajstić information content (AvgIpc) is 2.57. The van der Waals surface area contributed by atoms with Gasteiger partial charge in [-0.15, -0.1) is 0 Å². The molecule has 27 heavy (non-hydrogen) atoms. The molecule has 2 N–H and O–H groups in total. The van der Waals surface area contributed by atoms with Gasteiger partial charge in [0, 0.05) is 39.8 Å². The van der Waals surface area contributed by atoms with E-state index in [9.17, 15) is 18.0 Å². The molecular weight excluding hydrogens is 363 g/mol. The topological polar surface area (TPSA) is 69.2 Å². The lowest BCUT2D eigenvalue weighted by Gasteiger charge is -2.33. The van der Waals surface area contributed by atoms with Crippen molar-refractivity contribution < 1.29 is 22.7 Å². The van der Waals surface area contributed by atoms with Crippen molar-refractivity contribution >= 4 is 11.9 Å². The van der Waals surface area contributed by atoms with Crippen molar-refractivity contribution in [1.29, 1.82) is 0 Å². The van der Waals surface area contributed by atoms with E-state index in [1.807, 2.05) is 13.8 Å². The molecule has 1 aliphatic rings. The van der Waals surface area contributed by atoms with Crippen LogP contribution in [0.4, 0.5) is 13.2 Å². The number of guanidine groups is 1. The summed E-state index contributed by atoms with van der Waals surface area (Å²) < 4.78 is 42.5. The van der Waals surface area contributed by atoms with E-state index in [1.54, 1.807) is 7.05 Å². The minimum absolute atomic E-state index is 0.210. The van der Waals surface area contributed by atoms with Crippen LogP contribution in [0.1, 0.15) is 26.7 Å². The summed E-state index contributed by atoms with van der Waals surface area (Å²) in [6.45, 7) is 6.01. The lowest BCUT2D eigenvalue weighted by Crippen LogP contribution is -2.51. The van der Waals surface area contributed by atoms with E-state index in [2.05, 4.69) is 20.5 Å². The third-order valence-corrected chi connectivity index (χ3v) is 4.26. The van der Waals surface area contributed by atoms with Gasteiger partial charge in [-0.05, 0) is 26.7 Å². The lowest BCUT2D eigenvalue weighted by molar-refractivity contribution is -0.157. The van der Waals surface area contributed by atoms with Crippen LogP contribution in [0.25, 0.3) is 0 Å². The third-order valence-electron chi connectivity index (χ3n) is 4.26. The van der Waals surface area contributed by atoms with Gasteiger partial charge in [0.05, 0.1) is 19.3 Å². The number of hydrogen-bond acceptors (Lipinski definition) is 4. The largest absolute Gasteiger partial charge is 0.406 e. The first kappa shape index (κ1) is 23.5. The van der Waals surface area contributed by atoms with Crippen molar-refractivity contribution in [2.75, 3.05) is 53.4 Å². The molecule has 0 radical (unpaired) electrons. The number of piperidine rings is 1. The second kappa shape index (κ2) is 11.3. The molecule has 1 rings (SSSR count). The van der Waals surface area contributed by atoms with E-state index in [4.69, 9.17) is 4.74 Å². The fourth-order valence-corrected chi connectivity index (χ4v) is 2.76. The van der Waals surface area contributed by atoms with Crippen LogP contribution in [0.3, 0.4) is 0 Å². The highest BCUT2D eigenvalue weighted by Crippen LogP contribution is 2.15. The lowest BCUT2D eigenvalue weighted by atomic mass is 10.1. The molecule has 0 bridgehead atoms. The van der Waals surface area contributed by atoms with E-state index in [0.717, 1.165) is 39.5 Å². The fraction of sp³-hybridized carbons (Fsp3) is 0.882. The van der Waals surface area contributed by atoms with Crippen molar-refractivity contribution in [3.05, 3.63) is 0 Å². The number of nitrogens with one attached hydrogen (secondary N) is 2. The quantitative estimate of drug-likeness (QED) is 0.475.